The molecule has 1 atom stereocenters. The lowest BCUT2D eigenvalue weighted by Crippen LogP contribution is -2.28. The van der Waals surface area contributed by atoms with E-state index in [9.17, 15) is 0 Å². The second-order valence-corrected chi connectivity index (χ2v) is 4.30. The monoisotopic (exact) mass is 233 g/mol. The Morgan fingerprint density at radius 1 is 1.06 bits per heavy atom. The maximum atomic E-state index is 5.30. The van der Waals surface area contributed by atoms with Gasteiger partial charge in [0.2, 0.25) is 0 Å². The third-order valence-corrected chi connectivity index (χ3v) is 2.85. The van der Waals surface area contributed by atoms with Crippen LogP contribution in [0.15, 0.2) is 45.6 Å². The van der Waals surface area contributed by atoms with Crippen LogP contribution in [0.5, 0.6) is 0 Å². The highest BCUT2D eigenvalue weighted by atomic mass is 16.3. The van der Waals surface area contributed by atoms with E-state index >= 15 is 0 Å². The van der Waals surface area contributed by atoms with E-state index in [1.165, 1.54) is 0 Å². The van der Waals surface area contributed by atoms with Crippen LogP contribution in [0.4, 0.5) is 0 Å². The fourth-order valence-corrected chi connectivity index (χ4v) is 1.81. The average molecular weight is 233 g/mol. The molecule has 0 spiro atoms. The van der Waals surface area contributed by atoms with E-state index in [2.05, 4.69) is 12.2 Å². The molecule has 2 aromatic heterocycles. The van der Waals surface area contributed by atoms with Gasteiger partial charge in [-0.05, 0) is 37.6 Å². The minimum absolute atomic E-state index is 0.495. The van der Waals surface area contributed by atoms with Crippen LogP contribution < -0.4 is 5.32 Å². The molecule has 0 aromatic carbocycles. The Hall–Kier alpha value is -1.48. The molecule has 17 heavy (non-hydrogen) atoms. The van der Waals surface area contributed by atoms with Crippen LogP contribution in [-0.2, 0) is 12.8 Å². The van der Waals surface area contributed by atoms with Crippen molar-refractivity contribution in [3.05, 3.63) is 48.3 Å². The first kappa shape index (κ1) is 12.0. The maximum Gasteiger partial charge on any atom is 0.105 e. The normalized spacial score (nSPS) is 12.8. The molecule has 92 valence electrons. The molecular formula is C14H19NO2. The van der Waals surface area contributed by atoms with E-state index in [-0.39, 0.29) is 0 Å². The van der Waals surface area contributed by atoms with E-state index in [0.717, 1.165) is 37.3 Å². The van der Waals surface area contributed by atoms with Crippen LogP contribution in [0.25, 0.3) is 0 Å². The first-order valence-electron chi connectivity index (χ1n) is 6.13. The van der Waals surface area contributed by atoms with Crippen molar-refractivity contribution >= 4 is 0 Å². The summed E-state index contributed by atoms with van der Waals surface area (Å²) >= 11 is 0. The standard InChI is InChI=1S/C14H19NO2/c1-12(6-7-13-4-2-10-16-13)15-9-8-14-5-3-11-17-14/h2-5,10-12,15H,6-9H2,1H3. The second kappa shape index (κ2) is 6.30. The molecule has 0 aliphatic carbocycles. The molecule has 0 radical (unpaired) electrons. The average Bonchev–Trinajstić information content (AvgIpc) is 2.99. The number of hydrogen-bond donors (Lipinski definition) is 1. The highest BCUT2D eigenvalue weighted by molar-refractivity contribution is 4.99. The van der Waals surface area contributed by atoms with E-state index < -0.39 is 0 Å². The predicted octanol–water partition coefficient (Wildman–Crippen LogP) is 3.03. The summed E-state index contributed by atoms with van der Waals surface area (Å²) in [6.07, 6.45) is 6.46. The second-order valence-electron chi connectivity index (χ2n) is 4.30. The first-order chi connectivity index (χ1) is 8.34. The molecule has 0 fully saturated rings. The molecular weight excluding hydrogens is 214 g/mol. The highest BCUT2D eigenvalue weighted by Crippen LogP contribution is 2.06. The van der Waals surface area contributed by atoms with Crippen LogP contribution in [0.2, 0.25) is 0 Å². The van der Waals surface area contributed by atoms with Crippen LogP contribution in [0.3, 0.4) is 0 Å². The Bertz CT molecular complexity index is 392. The zero-order valence-electron chi connectivity index (χ0n) is 10.2. The van der Waals surface area contributed by atoms with Gasteiger partial charge in [-0.1, -0.05) is 0 Å². The van der Waals surface area contributed by atoms with Gasteiger partial charge in [0.1, 0.15) is 11.5 Å². The minimum Gasteiger partial charge on any atom is -0.469 e. The summed E-state index contributed by atoms with van der Waals surface area (Å²) in [4.78, 5) is 0. The van der Waals surface area contributed by atoms with Crippen molar-refractivity contribution in [1.82, 2.24) is 5.32 Å². The van der Waals surface area contributed by atoms with Crippen molar-refractivity contribution in [2.45, 2.75) is 32.2 Å². The number of furan rings is 2. The summed E-state index contributed by atoms with van der Waals surface area (Å²) in [6.45, 7) is 3.15. The third kappa shape index (κ3) is 4.11. The number of rotatable bonds is 7. The predicted molar refractivity (Wildman–Crippen MR) is 66.9 cm³/mol. The molecule has 0 saturated heterocycles. The van der Waals surface area contributed by atoms with Gasteiger partial charge < -0.3 is 14.2 Å². The Morgan fingerprint density at radius 2 is 1.71 bits per heavy atom. The number of hydrogen-bond acceptors (Lipinski definition) is 3. The summed E-state index contributed by atoms with van der Waals surface area (Å²) in [5.74, 6) is 2.10. The fourth-order valence-electron chi connectivity index (χ4n) is 1.81. The summed E-state index contributed by atoms with van der Waals surface area (Å²) in [6, 6.07) is 8.39. The van der Waals surface area contributed by atoms with Gasteiger partial charge in [0.05, 0.1) is 12.5 Å². The van der Waals surface area contributed by atoms with Crippen LogP contribution in [-0.4, -0.2) is 12.6 Å². The van der Waals surface area contributed by atoms with Gasteiger partial charge in [0.15, 0.2) is 0 Å². The van der Waals surface area contributed by atoms with Crippen molar-refractivity contribution in [3.8, 4) is 0 Å². The van der Waals surface area contributed by atoms with E-state index in [1.54, 1.807) is 12.5 Å². The molecule has 2 heterocycles. The Morgan fingerprint density at radius 3 is 2.29 bits per heavy atom. The van der Waals surface area contributed by atoms with Gasteiger partial charge in [-0.3, -0.25) is 0 Å². The topological polar surface area (TPSA) is 38.3 Å². The molecule has 0 saturated carbocycles. The smallest absolute Gasteiger partial charge is 0.105 e. The molecule has 3 nitrogen and oxygen atoms in total. The van der Waals surface area contributed by atoms with E-state index in [0.29, 0.717) is 6.04 Å². The zero-order valence-corrected chi connectivity index (χ0v) is 10.2. The Balaban J connectivity index is 1.59. The lowest BCUT2D eigenvalue weighted by molar-refractivity contribution is 0.449. The highest BCUT2D eigenvalue weighted by Gasteiger charge is 2.04. The summed E-state index contributed by atoms with van der Waals surface area (Å²) in [5.41, 5.74) is 0. The number of aryl methyl sites for hydroxylation is 1. The maximum absolute atomic E-state index is 5.30. The Labute approximate surface area is 102 Å². The lowest BCUT2D eigenvalue weighted by Gasteiger charge is -2.12. The van der Waals surface area contributed by atoms with Crippen molar-refractivity contribution < 1.29 is 8.83 Å². The summed E-state index contributed by atoms with van der Waals surface area (Å²) in [7, 11) is 0. The van der Waals surface area contributed by atoms with Crippen molar-refractivity contribution in [3.63, 3.8) is 0 Å². The molecule has 0 bridgehead atoms. The lowest BCUT2D eigenvalue weighted by atomic mass is 10.1. The molecule has 1 N–H and O–H groups in total. The molecule has 1 unspecified atom stereocenters. The van der Waals surface area contributed by atoms with Gasteiger partial charge in [0.25, 0.3) is 0 Å². The van der Waals surface area contributed by atoms with Crippen LogP contribution in [0, 0.1) is 0 Å². The quantitative estimate of drug-likeness (QED) is 0.798. The van der Waals surface area contributed by atoms with Gasteiger partial charge >= 0.3 is 0 Å². The minimum atomic E-state index is 0.495. The van der Waals surface area contributed by atoms with E-state index in [4.69, 9.17) is 8.83 Å². The molecule has 0 aliphatic rings. The molecule has 2 aromatic rings. The summed E-state index contributed by atoms with van der Waals surface area (Å²) in [5, 5.41) is 3.48. The molecule has 0 amide bonds. The van der Waals surface area contributed by atoms with Crippen molar-refractivity contribution in [1.29, 1.82) is 0 Å². The first-order valence-corrected chi connectivity index (χ1v) is 6.13. The van der Waals surface area contributed by atoms with Crippen LogP contribution in [0.1, 0.15) is 24.9 Å². The van der Waals surface area contributed by atoms with E-state index in [1.807, 2.05) is 24.3 Å². The van der Waals surface area contributed by atoms with Gasteiger partial charge in [-0.15, -0.1) is 0 Å². The molecule has 0 aliphatic heterocycles. The number of nitrogens with one attached hydrogen (secondary N) is 1. The van der Waals surface area contributed by atoms with Crippen LogP contribution >= 0.6 is 0 Å². The Kier molecular flexibility index (Phi) is 4.45. The summed E-state index contributed by atoms with van der Waals surface area (Å²) < 4.78 is 10.6. The SMILES string of the molecule is CC(CCc1ccco1)NCCc1ccco1. The van der Waals surface area contributed by atoms with Gasteiger partial charge in [-0.25, -0.2) is 0 Å². The molecule has 3 heteroatoms. The fraction of sp³-hybridized carbons (Fsp3) is 0.429. The van der Waals surface area contributed by atoms with Gasteiger partial charge in [-0.2, -0.15) is 0 Å². The van der Waals surface area contributed by atoms with Crippen molar-refractivity contribution in [2.75, 3.05) is 6.54 Å². The van der Waals surface area contributed by atoms with Crippen molar-refractivity contribution in [2.24, 2.45) is 0 Å². The molecule has 2 rings (SSSR count). The van der Waals surface area contributed by atoms with Gasteiger partial charge in [0, 0.05) is 25.4 Å². The largest absolute Gasteiger partial charge is 0.469 e. The zero-order chi connectivity index (χ0) is 11.9. The third-order valence-electron chi connectivity index (χ3n) is 2.85.